The van der Waals surface area contributed by atoms with Crippen LogP contribution >= 0.6 is 11.3 Å². The zero-order valence-electron chi connectivity index (χ0n) is 19.3. The maximum absolute atomic E-state index is 12.3. The zero-order chi connectivity index (χ0) is 24.8. The third-order valence-corrected chi connectivity index (χ3v) is 6.88. The van der Waals surface area contributed by atoms with E-state index in [4.69, 9.17) is 9.84 Å². The quantitative estimate of drug-likeness (QED) is 0.360. The molecule has 1 aromatic heterocycles. The van der Waals surface area contributed by atoms with Gasteiger partial charge in [-0.1, -0.05) is 55.5 Å². The number of benzene rings is 2. The van der Waals surface area contributed by atoms with E-state index >= 15 is 0 Å². The Morgan fingerprint density at radius 3 is 2.37 bits per heavy atom. The van der Waals surface area contributed by atoms with Crippen LogP contribution in [0.5, 0.6) is 0 Å². The summed E-state index contributed by atoms with van der Waals surface area (Å²) in [5.74, 6) is -1.62. The molecule has 0 radical (unpaired) electrons. The van der Waals surface area contributed by atoms with Gasteiger partial charge < -0.3 is 20.5 Å². The van der Waals surface area contributed by atoms with Crippen molar-refractivity contribution >= 4 is 29.3 Å². The normalized spacial score (nSPS) is 12.9. The predicted octanol–water partition coefficient (Wildman–Crippen LogP) is 4.41. The number of fused-ring (bicyclic) bond motifs is 3. The number of hydrogen-bond acceptors (Lipinski definition) is 6. The van der Waals surface area contributed by atoms with Gasteiger partial charge in [0.1, 0.15) is 17.3 Å². The third-order valence-electron chi connectivity index (χ3n) is 6.03. The summed E-state index contributed by atoms with van der Waals surface area (Å²) < 4.78 is 5.52. The van der Waals surface area contributed by atoms with Crippen molar-refractivity contribution in [1.29, 1.82) is 0 Å². The number of rotatable bonds is 10. The van der Waals surface area contributed by atoms with E-state index in [-0.39, 0.29) is 30.7 Å². The van der Waals surface area contributed by atoms with Gasteiger partial charge in [-0.25, -0.2) is 9.78 Å². The maximum atomic E-state index is 12.3. The van der Waals surface area contributed by atoms with Crippen LogP contribution in [0.4, 0.5) is 4.79 Å². The molecule has 2 aromatic carbocycles. The number of nitrogens with one attached hydrogen (secondary N) is 2. The number of hydrogen-bond donors (Lipinski definition) is 3. The van der Waals surface area contributed by atoms with E-state index in [1.165, 1.54) is 22.5 Å². The zero-order valence-corrected chi connectivity index (χ0v) is 20.1. The molecule has 1 atom stereocenters. The molecule has 0 spiro atoms. The number of aromatic nitrogens is 1. The lowest BCUT2D eigenvalue weighted by Gasteiger charge is -2.14. The number of carboxylic acid groups (broad SMARTS) is 1. The minimum absolute atomic E-state index is 0.0122. The van der Waals surface area contributed by atoms with Gasteiger partial charge in [0.2, 0.25) is 0 Å². The number of nitrogens with zero attached hydrogens (tertiary/aromatic N) is 1. The molecule has 0 fully saturated rings. The van der Waals surface area contributed by atoms with Gasteiger partial charge in [-0.2, -0.15) is 0 Å². The minimum atomic E-state index is -0.843. The monoisotopic (exact) mass is 493 g/mol. The number of alkyl carbamates (subject to hydrolysis) is 1. The summed E-state index contributed by atoms with van der Waals surface area (Å²) in [5.41, 5.74) is 4.90. The topological polar surface area (TPSA) is 118 Å². The van der Waals surface area contributed by atoms with Crippen molar-refractivity contribution in [1.82, 2.24) is 15.6 Å². The lowest BCUT2D eigenvalue weighted by Crippen LogP contribution is -2.26. The van der Waals surface area contributed by atoms with E-state index in [1.807, 2.05) is 24.3 Å². The smallest absolute Gasteiger partial charge is 0.407 e. The fourth-order valence-corrected chi connectivity index (χ4v) is 4.83. The fourth-order valence-electron chi connectivity index (χ4n) is 4.12. The van der Waals surface area contributed by atoms with Crippen LogP contribution in [0.1, 0.15) is 52.3 Å². The van der Waals surface area contributed by atoms with Gasteiger partial charge in [0, 0.05) is 17.8 Å². The first-order valence-electron chi connectivity index (χ1n) is 11.5. The molecular formula is C26H27N3O5S. The van der Waals surface area contributed by atoms with Gasteiger partial charge in [-0.05, 0) is 35.1 Å². The van der Waals surface area contributed by atoms with Crippen molar-refractivity contribution in [3.05, 3.63) is 75.7 Å². The number of ether oxygens (including phenoxy) is 1. The fraction of sp³-hybridized carbons (Fsp3) is 0.308. The predicted molar refractivity (Wildman–Crippen MR) is 132 cm³/mol. The molecule has 1 unspecified atom stereocenters. The summed E-state index contributed by atoms with van der Waals surface area (Å²) in [7, 11) is 0. The van der Waals surface area contributed by atoms with Crippen molar-refractivity contribution < 1.29 is 24.2 Å². The van der Waals surface area contributed by atoms with E-state index in [0.717, 1.165) is 11.1 Å². The van der Waals surface area contributed by atoms with Gasteiger partial charge in [0.25, 0.3) is 5.91 Å². The second-order valence-corrected chi connectivity index (χ2v) is 9.39. The third kappa shape index (κ3) is 5.86. The Bertz CT molecular complexity index is 1180. The summed E-state index contributed by atoms with van der Waals surface area (Å²) >= 11 is 1.27. The number of carbonyl (C=O) groups excluding carboxylic acids is 2. The van der Waals surface area contributed by atoms with E-state index in [0.29, 0.717) is 24.4 Å². The molecule has 8 nitrogen and oxygen atoms in total. The van der Waals surface area contributed by atoms with Crippen LogP contribution in [0.15, 0.2) is 53.9 Å². The van der Waals surface area contributed by atoms with Crippen molar-refractivity contribution in [2.75, 3.05) is 13.2 Å². The Morgan fingerprint density at radius 1 is 1.06 bits per heavy atom. The summed E-state index contributed by atoms with van der Waals surface area (Å²) in [4.78, 5) is 39.7. The van der Waals surface area contributed by atoms with Crippen molar-refractivity contribution in [3.63, 3.8) is 0 Å². The van der Waals surface area contributed by atoms with Crippen LogP contribution in [0.2, 0.25) is 0 Å². The molecule has 4 rings (SSSR count). The second kappa shape index (κ2) is 11.1. The Morgan fingerprint density at radius 2 is 1.71 bits per heavy atom. The first kappa shape index (κ1) is 24.4. The van der Waals surface area contributed by atoms with Gasteiger partial charge >= 0.3 is 12.1 Å². The summed E-state index contributed by atoms with van der Waals surface area (Å²) in [6.07, 6.45) is 0.516. The molecule has 9 heteroatoms. The second-order valence-electron chi connectivity index (χ2n) is 8.44. The van der Waals surface area contributed by atoms with Crippen LogP contribution in [-0.4, -0.2) is 41.2 Å². The Balaban J connectivity index is 1.23. The number of amides is 2. The molecule has 0 aliphatic heterocycles. The van der Waals surface area contributed by atoms with Gasteiger partial charge in [0.05, 0.1) is 12.5 Å². The molecule has 1 aliphatic rings. The van der Waals surface area contributed by atoms with Crippen LogP contribution < -0.4 is 10.6 Å². The van der Waals surface area contributed by atoms with E-state index < -0.39 is 18.0 Å². The minimum Gasteiger partial charge on any atom is -0.481 e. The molecule has 1 heterocycles. The molecule has 2 amide bonds. The first-order valence-corrected chi connectivity index (χ1v) is 12.4. The Kier molecular flexibility index (Phi) is 7.77. The maximum Gasteiger partial charge on any atom is 0.407 e. The van der Waals surface area contributed by atoms with Crippen LogP contribution in [0.3, 0.4) is 0 Å². The number of thiazole rings is 1. The number of aliphatic carboxylic acids is 1. The van der Waals surface area contributed by atoms with Crippen molar-refractivity contribution in [2.45, 2.75) is 32.2 Å². The van der Waals surface area contributed by atoms with Gasteiger partial charge in [0.15, 0.2) is 0 Å². The molecule has 35 heavy (non-hydrogen) atoms. The van der Waals surface area contributed by atoms with Crippen molar-refractivity contribution in [2.24, 2.45) is 5.92 Å². The van der Waals surface area contributed by atoms with E-state index in [9.17, 15) is 14.4 Å². The lowest BCUT2D eigenvalue weighted by molar-refractivity contribution is -0.141. The highest BCUT2D eigenvalue weighted by Gasteiger charge is 2.29. The number of carbonyl (C=O) groups is 3. The highest BCUT2D eigenvalue weighted by atomic mass is 32.1. The average Bonchev–Trinajstić information content (AvgIpc) is 3.47. The van der Waals surface area contributed by atoms with Crippen LogP contribution in [0, 0.1) is 5.92 Å². The van der Waals surface area contributed by atoms with Crippen molar-refractivity contribution in [3.8, 4) is 11.1 Å². The van der Waals surface area contributed by atoms with Gasteiger partial charge in [-0.3, -0.25) is 9.59 Å². The standard InChI is InChI=1S/C26H27N3O5S/c1-16(25(31)32)7-6-12-27-24(30)22-15-35-23(29-22)13-28-26(33)34-14-21-19-10-4-2-8-17(19)18-9-3-5-11-20(18)21/h2-5,8-11,15-16,21H,6-7,12-14H2,1H3,(H,27,30)(H,28,33)(H,31,32). The molecular weight excluding hydrogens is 466 g/mol. The summed E-state index contributed by atoms with van der Waals surface area (Å²) in [6, 6.07) is 16.3. The lowest BCUT2D eigenvalue weighted by atomic mass is 9.98. The Hall–Kier alpha value is -3.72. The SMILES string of the molecule is CC(CCCNC(=O)c1csc(CNC(=O)OCC2c3ccccc3-c3ccccc32)n1)C(=O)O. The summed E-state index contributed by atoms with van der Waals surface area (Å²) in [6.45, 7) is 2.40. The first-order chi connectivity index (χ1) is 16.9. The number of carboxylic acids is 1. The largest absolute Gasteiger partial charge is 0.481 e. The van der Waals surface area contributed by atoms with Gasteiger partial charge in [-0.15, -0.1) is 11.3 Å². The molecule has 1 aliphatic carbocycles. The van der Waals surface area contributed by atoms with Crippen LogP contribution in [-0.2, 0) is 16.1 Å². The molecule has 182 valence electrons. The molecule has 0 saturated carbocycles. The average molecular weight is 494 g/mol. The van der Waals surface area contributed by atoms with E-state index in [1.54, 1.807) is 12.3 Å². The molecule has 3 aromatic rings. The Labute approximate surface area is 207 Å². The highest BCUT2D eigenvalue weighted by molar-refractivity contribution is 7.09. The molecule has 3 N–H and O–H groups in total. The molecule has 0 bridgehead atoms. The summed E-state index contributed by atoms with van der Waals surface area (Å²) in [5, 5.41) is 16.5. The highest BCUT2D eigenvalue weighted by Crippen LogP contribution is 2.44. The van der Waals surface area contributed by atoms with Crippen LogP contribution in [0.25, 0.3) is 11.1 Å². The molecule has 0 saturated heterocycles. The van der Waals surface area contributed by atoms with E-state index in [2.05, 4.69) is 39.9 Å².